The maximum Gasteiger partial charge on any atom is 0.219 e. The van der Waals surface area contributed by atoms with Crippen LogP contribution in [0.5, 0.6) is 0 Å². The summed E-state index contributed by atoms with van der Waals surface area (Å²) in [4.78, 5) is 10.4. The van der Waals surface area contributed by atoms with Gasteiger partial charge in [-0.2, -0.15) is 0 Å². The minimum atomic E-state index is -0.391. The Morgan fingerprint density at radius 3 is 2.79 bits per heavy atom. The van der Waals surface area contributed by atoms with Crippen LogP contribution in [0.4, 0.5) is 15.8 Å². The van der Waals surface area contributed by atoms with E-state index in [-0.39, 0.29) is 12.2 Å². The highest BCUT2D eigenvalue weighted by Crippen LogP contribution is 2.18. The number of amides is 1. The van der Waals surface area contributed by atoms with Gasteiger partial charge in [-0.25, -0.2) is 4.39 Å². The number of anilines is 2. The molecule has 5 heteroatoms. The van der Waals surface area contributed by atoms with Gasteiger partial charge in [-0.1, -0.05) is 0 Å². The number of nitrogens with two attached hydrogens (primary N) is 2. The summed E-state index contributed by atoms with van der Waals surface area (Å²) in [7, 11) is 0. The third-order valence-corrected chi connectivity index (χ3v) is 1.70. The molecule has 0 aromatic heterocycles. The van der Waals surface area contributed by atoms with E-state index in [1.165, 1.54) is 18.2 Å². The number of nitrogens with one attached hydrogen (secondary N) is 1. The van der Waals surface area contributed by atoms with E-state index in [0.29, 0.717) is 17.9 Å². The molecule has 0 aliphatic heterocycles. The van der Waals surface area contributed by atoms with Crippen molar-refractivity contribution in [2.24, 2.45) is 5.73 Å². The second-order valence-electron chi connectivity index (χ2n) is 2.87. The van der Waals surface area contributed by atoms with Crippen molar-refractivity contribution in [1.29, 1.82) is 0 Å². The largest absolute Gasteiger partial charge is 0.397 e. The van der Waals surface area contributed by atoms with Crippen LogP contribution in [-0.4, -0.2) is 12.5 Å². The van der Waals surface area contributed by atoms with Gasteiger partial charge in [0.15, 0.2) is 0 Å². The molecule has 0 aliphatic rings. The number of carbonyl (C=O) groups excluding carboxylic acids is 1. The van der Waals surface area contributed by atoms with Gasteiger partial charge in [0, 0.05) is 13.0 Å². The number of rotatable bonds is 4. The maximum absolute atomic E-state index is 12.6. The Labute approximate surface area is 81.1 Å². The van der Waals surface area contributed by atoms with Crippen LogP contribution in [0.1, 0.15) is 6.42 Å². The lowest BCUT2D eigenvalue weighted by molar-refractivity contribution is -0.117. The van der Waals surface area contributed by atoms with E-state index in [0.717, 1.165) is 0 Å². The molecule has 0 unspecified atom stereocenters. The van der Waals surface area contributed by atoms with Crippen LogP contribution < -0.4 is 16.8 Å². The van der Waals surface area contributed by atoms with Crippen LogP contribution >= 0.6 is 0 Å². The SMILES string of the molecule is NC(=O)CCNc1ccc(F)cc1N. The third-order valence-electron chi connectivity index (χ3n) is 1.70. The van der Waals surface area contributed by atoms with Crippen molar-refractivity contribution in [2.75, 3.05) is 17.6 Å². The number of hydrogen-bond acceptors (Lipinski definition) is 3. The second-order valence-corrected chi connectivity index (χ2v) is 2.87. The summed E-state index contributed by atoms with van der Waals surface area (Å²) in [6.45, 7) is 0.394. The summed E-state index contributed by atoms with van der Waals surface area (Å²) in [5, 5.41) is 2.88. The van der Waals surface area contributed by atoms with Crippen molar-refractivity contribution >= 4 is 17.3 Å². The molecule has 5 N–H and O–H groups in total. The van der Waals surface area contributed by atoms with Crippen LogP contribution in [0, 0.1) is 5.82 Å². The topological polar surface area (TPSA) is 81.1 Å². The lowest BCUT2D eigenvalue weighted by Crippen LogP contribution is -2.16. The molecule has 0 fully saturated rings. The molecule has 0 saturated heterocycles. The molecular formula is C9H12FN3O. The molecule has 1 aromatic rings. The average molecular weight is 197 g/mol. The first-order valence-corrected chi connectivity index (χ1v) is 4.17. The number of benzene rings is 1. The molecule has 0 spiro atoms. The average Bonchev–Trinajstić information content (AvgIpc) is 2.08. The van der Waals surface area contributed by atoms with Crippen LogP contribution in [0.25, 0.3) is 0 Å². The van der Waals surface area contributed by atoms with Gasteiger partial charge in [-0.05, 0) is 18.2 Å². The minimum Gasteiger partial charge on any atom is -0.397 e. The zero-order valence-electron chi connectivity index (χ0n) is 7.59. The molecular weight excluding hydrogens is 185 g/mol. The monoisotopic (exact) mass is 197 g/mol. The van der Waals surface area contributed by atoms with Crippen LogP contribution in [-0.2, 0) is 4.79 Å². The van der Waals surface area contributed by atoms with Gasteiger partial charge >= 0.3 is 0 Å². The Morgan fingerprint density at radius 2 is 2.21 bits per heavy atom. The molecule has 0 heterocycles. The standard InChI is InChI=1S/C9H12FN3O/c10-6-1-2-8(7(11)5-6)13-4-3-9(12)14/h1-2,5,13H,3-4,11H2,(H2,12,14). The Morgan fingerprint density at radius 1 is 1.50 bits per heavy atom. The lowest BCUT2D eigenvalue weighted by Gasteiger charge is -2.07. The van der Waals surface area contributed by atoms with Crippen LogP contribution in [0.15, 0.2) is 18.2 Å². The Balaban J connectivity index is 2.55. The van der Waals surface area contributed by atoms with Crippen molar-refractivity contribution in [3.8, 4) is 0 Å². The Bertz CT molecular complexity index is 341. The van der Waals surface area contributed by atoms with Crippen molar-refractivity contribution < 1.29 is 9.18 Å². The van der Waals surface area contributed by atoms with E-state index in [1.807, 2.05) is 0 Å². The Hall–Kier alpha value is -1.78. The van der Waals surface area contributed by atoms with Crippen molar-refractivity contribution in [1.82, 2.24) is 0 Å². The second kappa shape index (κ2) is 4.45. The molecule has 0 radical (unpaired) electrons. The summed E-state index contributed by atoms with van der Waals surface area (Å²) >= 11 is 0. The summed E-state index contributed by atoms with van der Waals surface area (Å²) in [6.07, 6.45) is 0.219. The van der Waals surface area contributed by atoms with Gasteiger partial charge < -0.3 is 16.8 Å². The van der Waals surface area contributed by atoms with Gasteiger partial charge in [0.1, 0.15) is 5.82 Å². The molecule has 1 rings (SSSR count). The fourth-order valence-electron chi connectivity index (χ4n) is 1.01. The summed E-state index contributed by atoms with van der Waals surface area (Å²) < 4.78 is 12.6. The number of hydrogen-bond donors (Lipinski definition) is 3. The molecule has 1 aromatic carbocycles. The molecule has 0 saturated carbocycles. The van der Waals surface area contributed by atoms with E-state index >= 15 is 0 Å². The van der Waals surface area contributed by atoms with Gasteiger partial charge in [-0.15, -0.1) is 0 Å². The first-order chi connectivity index (χ1) is 6.59. The highest BCUT2D eigenvalue weighted by molar-refractivity contribution is 5.74. The molecule has 0 bridgehead atoms. The van der Waals surface area contributed by atoms with Crippen LogP contribution in [0.2, 0.25) is 0 Å². The van der Waals surface area contributed by atoms with E-state index in [2.05, 4.69) is 5.32 Å². The molecule has 1 amide bonds. The van der Waals surface area contributed by atoms with Crippen LogP contribution in [0.3, 0.4) is 0 Å². The fourth-order valence-corrected chi connectivity index (χ4v) is 1.01. The maximum atomic E-state index is 12.6. The quantitative estimate of drug-likeness (QED) is 0.621. The van der Waals surface area contributed by atoms with Gasteiger partial charge in [0.25, 0.3) is 0 Å². The molecule has 14 heavy (non-hydrogen) atoms. The molecule has 76 valence electrons. The predicted octanol–water partition coefficient (Wildman–Crippen LogP) is 0.695. The smallest absolute Gasteiger partial charge is 0.219 e. The lowest BCUT2D eigenvalue weighted by atomic mass is 10.2. The highest BCUT2D eigenvalue weighted by Gasteiger charge is 2.00. The summed E-state index contributed by atoms with van der Waals surface area (Å²) in [6, 6.07) is 4.03. The first-order valence-electron chi connectivity index (χ1n) is 4.17. The third kappa shape index (κ3) is 2.93. The fraction of sp³-hybridized carbons (Fsp3) is 0.222. The van der Waals surface area contributed by atoms with Gasteiger partial charge in [0.05, 0.1) is 11.4 Å². The molecule has 0 atom stereocenters. The number of halogens is 1. The van der Waals surface area contributed by atoms with E-state index < -0.39 is 5.91 Å². The highest BCUT2D eigenvalue weighted by atomic mass is 19.1. The number of primary amides is 1. The predicted molar refractivity (Wildman–Crippen MR) is 53.1 cm³/mol. The first kappa shape index (κ1) is 10.3. The number of carbonyl (C=O) groups is 1. The van der Waals surface area contributed by atoms with Gasteiger partial charge in [0.2, 0.25) is 5.91 Å². The van der Waals surface area contributed by atoms with E-state index in [9.17, 15) is 9.18 Å². The summed E-state index contributed by atoms with van der Waals surface area (Å²) in [5.74, 6) is -0.777. The summed E-state index contributed by atoms with van der Waals surface area (Å²) in [5.41, 5.74) is 11.4. The minimum absolute atomic E-state index is 0.219. The van der Waals surface area contributed by atoms with Gasteiger partial charge in [-0.3, -0.25) is 4.79 Å². The molecule has 4 nitrogen and oxygen atoms in total. The number of nitrogen functional groups attached to an aromatic ring is 1. The Kier molecular flexibility index (Phi) is 3.28. The normalized spacial score (nSPS) is 9.79. The van der Waals surface area contributed by atoms with E-state index in [1.54, 1.807) is 0 Å². The zero-order chi connectivity index (χ0) is 10.6. The molecule has 0 aliphatic carbocycles. The van der Waals surface area contributed by atoms with Crippen molar-refractivity contribution in [3.63, 3.8) is 0 Å². The zero-order valence-corrected chi connectivity index (χ0v) is 7.59. The van der Waals surface area contributed by atoms with E-state index in [4.69, 9.17) is 11.5 Å². The van der Waals surface area contributed by atoms with Crippen molar-refractivity contribution in [2.45, 2.75) is 6.42 Å². The van der Waals surface area contributed by atoms with Crippen molar-refractivity contribution in [3.05, 3.63) is 24.0 Å².